The molecule has 0 radical (unpaired) electrons. The number of aryl methyl sites for hydroxylation is 1. The van der Waals surface area contributed by atoms with Gasteiger partial charge in [-0.3, -0.25) is 9.59 Å². The number of nitrogens with one attached hydrogen (secondary N) is 2. The summed E-state index contributed by atoms with van der Waals surface area (Å²) in [5.41, 5.74) is 2.20. The maximum atomic E-state index is 12.6. The Morgan fingerprint density at radius 2 is 1.84 bits per heavy atom. The summed E-state index contributed by atoms with van der Waals surface area (Å²) in [6, 6.07) is 11.9. The number of aromatic nitrogens is 3. The van der Waals surface area contributed by atoms with Gasteiger partial charge in [0, 0.05) is 17.3 Å². The van der Waals surface area contributed by atoms with Gasteiger partial charge in [0.1, 0.15) is 0 Å². The number of carbonyl (C=O) groups excluding carboxylic acids is 2. The van der Waals surface area contributed by atoms with E-state index in [1.807, 2.05) is 49.6 Å². The summed E-state index contributed by atoms with van der Waals surface area (Å²) >= 11 is 13.3. The highest BCUT2D eigenvalue weighted by Gasteiger charge is 2.21. The number of amides is 2. The molecule has 7 nitrogen and oxygen atoms in total. The first kappa shape index (κ1) is 24.1. The number of rotatable bonds is 8. The zero-order valence-corrected chi connectivity index (χ0v) is 20.2. The summed E-state index contributed by atoms with van der Waals surface area (Å²) in [5.74, 6) is 0.307. The quantitative estimate of drug-likeness (QED) is 0.426. The molecule has 0 fully saturated rings. The molecule has 1 aromatic heterocycles. The predicted molar refractivity (Wildman–Crippen MR) is 129 cm³/mol. The van der Waals surface area contributed by atoms with Gasteiger partial charge in [-0.2, -0.15) is 0 Å². The van der Waals surface area contributed by atoms with Crippen LogP contribution in [0.1, 0.15) is 41.6 Å². The van der Waals surface area contributed by atoms with E-state index in [9.17, 15) is 9.59 Å². The second kappa shape index (κ2) is 10.8. The number of hydrogen-bond donors (Lipinski definition) is 2. The molecule has 168 valence electrons. The van der Waals surface area contributed by atoms with Crippen LogP contribution in [-0.2, 0) is 11.3 Å². The predicted octanol–water partition coefficient (Wildman–Crippen LogP) is 5.14. The summed E-state index contributed by atoms with van der Waals surface area (Å²) in [5, 5.41) is 15.5. The van der Waals surface area contributed by atoms with E-state index in [2.05, 4.69) is 20.8 Å². The number of benzene rings is 2. The molecule has 3 aromatic rings. The van der Waals surface area contributed by atoms with E-state index in [0.717, 1.165) is 11.3 Å². The summed E-state index contributed by atoms with van der Waals surface area (Å²) in [6.45, 7) is 6.35. The monoisotopic (exact) mass is 491 g/mol. The minimum atomic E-state index is -0.419. The molecule has 2 N–H and O–H groups in total. The minimum absolute atomic E-state index is 0.134. The van der Waals surface area contributed by atoms with Crippen LogP contribution in [0.5, 0.6) is 0 Å². The number of anilines is 1. The van der Waals surface area contributed by atoms with Gasteiger partial charge in [-0.25, -0.2) is 0 Å². The smallest absolute Gasteiger partial charge is 0.253 e. The van der Waals surface area contributed by atoms with E-state index in [-0.39, 0.29) is 22.6 Å². The van der Waals surface area contributed by atoms with Crippen LogP contribution in [0.4, 0.5) is 5.69 Å². The van der Waals surface area contributed by atoms with Crippen molar-refractivity contribution in [3.8, 4) is 0 Å². The topological polar surface area (TPSA) is 88.9 Å². The third-order valence-electron chi connectivity index (χ3n) is 4.64. The molecular formula is C22H23Cl2N5O2S. The molecular weight excluding hydrogens is 469 g/mol. The molecule has 2 aromatic carbocycles. The van der Waals surface area contributed by atoms with Crippen molar-refractivity contribution in [3.63, 3.8) is 0 Å². The van der Waals surface area contributed by atoms with Gasteiger partial charge in [-0.05, 0) is 51.1 Å². The molecule has 32 heavy (non-hydrogen) atoms. The number of hydrogen-bond acceptors (Lipinski definition) is 5. The molecule has 0 aliphatic heterocycles. The van der Waals surface area contributed by atoms with Gasteiger partial charge in [0.2, 0.25) is 5.91 Å². The van der Waals surface area contributed by atoms with Crippen molar-refractivity contribution in [2.24, 2.45) is 0 Å². The van der Waals surface area contributed by atoms with Crippen LogP contribution in [0, 0.1) is 6.92 Å². The van der Waals surface area contributed by atoms with Crippen LogP contribution in [-0.4, -0.2) is 32.3 Å². The molecule has 10 heteroatoms. The average molecular weight is 492 g/mol. The van der Waals surface area contributed by atoms with E-state index in [0.29, 0.717) is 28.1 Å². The zero-order chi connectivity index (χ0) is 23.3. The maximum absolute atomic E-state index is 12.6. The lowest BCUT2D eigenvalue weighted by atomic mass is 10.2. The molecule has 0 saturated heterocycles. The summed E-state index contributed by atoms with van der Waals surface area (Å²) in [6.07, 6.45) is 0. The van der Waals surface area contributed by atoms with E-state index < -0.39 is 6.04 Å². The van der Waals surface area contributed by atoms with Crippen molar-refractivity contribution in [1.29, 1.82) is 0 Å². The molecule has 0 saturated carbocycles. The summed E-state index contributed by atoms with van der Waals surface area (Å²) < 4.78 is 1.87. The van der Waals surface area contributed by atoms with Gasteiger partial charge in [0.05, 0.1) is 22.4 Å². The molecule has 2 amide bonds. The molecule has 3 rings (SSSR count). The largest absolute Gasteiger partial charge is 0.342 e. The van der Waals surface area contributed by atoms with Crippen LogP contribution in [0.15, 0.2) is 47.6 Å². The van der Waals surface area contributed by atoms with Gasteiger partial charge in [0.15, 0.2) is 11.0 Å². The normalized spacial score (nSPS) is 11.8. The van der Waals surface area contributed by atoms with Crippen molar-refractivity contribution in [1.82, 2.24) is 20.1 Å². The highest BCUT2D eigenvalue weighted by atomic mass is 35.5. The number of carbonyl (C=O) groups is 2. The molecule has 0 bridgehead atoms. The van der Waals surface area contributed by atoms with E-state index >= 15 is 0 Å². The fraction of sp³-hybridized carbons (Fsp3) is 0.273. The zero-order valence-electron chi connectivity index (χ0n) is 17.9. The molecule has 0 aliphatic rings. The fourth-order valence-electron chi connectivity index (χ4n) is 3.00. The van der Waals surface area contributed by atoms with Crippen LogP contribution >= 0.6 is 35.0 Å². The maximum Gasteiger partial charge on any atom is 0.253 e. The van der Waals surface area contributed by atoms with Crippen molar-refractivity contribution in [2.45, 2.75) is 38.5 Å². The molecule has 1 atom stereocenters. The lowest BCUT2D eigenvalue weighted by Crippen LogP contribution is -2.29. The van der Waals surface area contributed by atoms with E-state index in [4.69, 9.17) is 23.2 Å². The number of thioether (sulfide) groups is 1. The third kappa shape index (κ3) is 6.03. The Labute approximate surface area is 200 Å². The van der Waals surface area contributed by atoms with Crippen LogP contribution in [0.25, 0.3) is 0 Å². The van der Waals surface area contributed by atoms with Crippen molar-refractivity contribution in [3.05, 3.63) is 69.5 Å². The van der Waals surface area contributed by atoms with Crippen molar-refractivity contribution < 1.29 is 9.59 Å². The Hall–Kier alpha value is -2.55. The number of halogens is 2. The standard InChI is InChI=1S/C22H23Cl2N5O2S/c1-4-29-20(14(3)25-21(31)17-10-7-15(23)11-18(17)24)27-28-22(29)32-12-19(30)26-16-8-5-13(2)6-9-16/h5-11,14H,4,12H2,1-3H3,(H,25,31)(H,26,30). The van der Waals surface area contributed by atoms with Gasteiger partial charge < -0.3 is 15.2 Å². The minimum Gasteiger partial charge on any atom is -0.342 e. The van der Waals surface area contributed by atoms with Crippen molar-refractivity contribution >= 4 is 52.5 Å². The van der Waals surface area contributed by atoms with Crippen molar-refractivity contribution in [2.75, 3.05) is 11.1 Å². The Balaban J connectivity index is 1.63. The number of nitrogens with zero attached hydrogens (tertiary/aromatic N) is 3. The van der Waals surface area contributed by atoms with Crippen LogP contribution in [0.3, 0.4) is 0 Å². The van der Waals surface area contributed by atoms with E-state index in [1.54, 1.807) is 12.1 Å². The summed E-state index contributed by atoms with van der Waals surface area (Å²) in [7, 11) is 0. The first-order valence-electron chi connectivity index (χ1n) is 9.96. The molecule has 0 aliphatic carbocycles. The lowest BCUT2D eigenvalue weighted by Gasteiger charge is -2.15. The highest BCUT2D eigenvalue weighted by molar-refractivity contribution is 7.99. The van der Waals surface area contributed by atoms with E-state index in [1.165, 1.54) is 17.8 Å². The second-order valence-corrected chi connectivity index (χ2v) is 8.89. The lowest BCUT2D eigenvalue weighted by molar-refractivity contribution is -0.113. The van der Waals surface area contributed by atoms with Gasteiger partial charge in [-0.1, -0.05) is 52.7 Å². The fourth-order valence-corrected chi connectivity index (χ4v) is 4.30. The first-order chi connectivity index (χ1) is 15.3. The van der Waals surface area contributed by atoms with Crippen LogP contribution < -0.4 is 10.6 Å². The SMILES string of the molecule is CCn1c(SCC(=O)Nc2ccc(C)cc2)nnc1C(C)NC(=O)c1ccc(Cl)cc1Cl. The Morgan fingerprint density at radius 1 is 1.12 bits per heavy atom. The van der Waals surface area contributed by atoms with Gasteiger partial charge >= 0.3 is 0 Å². The first-order valence-corrected chi connectivity index (χ1v) is 11.7. The Bertz CT molecular complexity index is 1120. The third-order valence-corrected chi connectivity index (χ3v) is 6.15. The van der Waals surface area contributed by atoms with Gasteiger partial charge in [-0.15, -0.1) is 10.2 Å². The Kier molecular flexibility index (Phi) is 8.17. The molecule has 1 heterocycles. The highest BCUT2D eigenvalue weighted by Crippen LogP contribution is 2.24. The van der Waals surface area contributed by atoms with Gasteiger partial charge in [0.25, 0.3) is 5.91 Å². The Morgan fingerprint density at radius 3 is 2.50 bits per heavy atom. The average Bonchev–Trinajstić information content (AvgIpc) is 3.17. The molecule has 0 spiro atoms. The molecule has 1 unspecified atom stereocenters. The second-order valence-electron chi connectivity index (χ2n) is 7.11. The summed E-state index contributed by atoms with van der Waals surface area (Å²) in [4.78, 5) is 24.9. The van der Waals surface area contributed by atoms with Crippen LogP contribution in [0.2, 0.25) is 10.0 Å².